The van der Waals surface area contributed by atoms with Crippen molar-refractivity contribution >= 4 is 36.0 Å². The third-order valence-corrected chi connectivity index (χ3v) is 17.8. The van der Waals surface area contributed by atoms with Crippen molar-refractivity contribution in [2.45, 2.75) is 76.9 Å². The normalized spacial score (nSPS) is 15.7. The third-order valence-electron chi connectivity index (χ3n) is 10.9. The van der Waals surface area contributed by atoms with Crippen LogP contribution in [0.2, 0.25) is 5.04 Å². The number of nitrogens with zero attached hydrogens (tertiary/aromatic N) is 3. The van der Waals surface area contributed by atoms with Gasteiger partial charge in [0.05, 0.1) is 24.8 Å². The van der Waals surface area contributed by atoms with Gasteiger partial charge in [0.2, 0.25) is 6.79 Å². The molecule has 7 rings (SSSR count). The number of ether oxygens (including phenoxy) is 2. The number of carbonyl (C=O) groups is 1. The van der Waals surface area contributed by atoms with Crippen LogP contribution < -0.4 is 25.2 Å². The SMILES string of the molecule is CN(C)CC#Cc1cccc(-c2nc(C(=O)NCc3ccc4c(c3)OCO4)cc3c2C(CCO[Si](c2ccccc2)(c2ccccc2)C(C)(C)C)N([S@+]([O-])C(C)(C)C)C3)c1. The fourth-order valence-electron chi connectivity index (χ4n) is 8.14. The van der Waals surface area contributed by atoms with E-state index in [0.717, 1.165) is 27.8 Å². The molecule has 0 spiro atoms. The molecule has 1 unspecified atom stereocenters. The molecule has 2 aliphatic rings. The number of fused-ring (bicyclic) bond motifs is 2. The molecule has 60 heavy (non-hydrogen) atoms. The van der Waals surface area contributed by atoms with Crippen molar-refractivity contribution in [2.75, 3.05) is 34.0 Å². The van der Waals surface area contributed by atoms with E-state index >= 15 is 0 Å². The molecule has 1 amide bonds. The summed E-state index contributed by atoms with van der Waals surface area (Å²) in [5.41, 5.74) is 5.43. The van der Waals surface area contributed by atoms with Crippen LogP contribution >= 0.6 is 0 Å². The standard InChI is InChI=1S/C49H56N4O5SSi/c1-48(2,3)59(55)53-33-38-31-41(47(54)50-32-36-24-25-43-44(30-36)57-34-56-43)51-46(37-19-15-17-35(29-37)18-16-27-52(7)8)45(38)42(53)26-28-58-60(49(4,5)6,39-20-11-9-12-21-39)40-22-13-10-14-23-40/h9-15,17,19-25,29-31,42H,26-28,32-34H2,1-8H3,(H,50,54)/t42?,59-/m1/s1. The van der Waals surface area contributed by atoms with Crippen molar-refractivity contribution in [3.05, 3.63) is 137 Å². The molecule has 2 aliphatic heterocycles. The summed E-state index contributed by atoms with van der Waals surface area (Å²) < 4.78 is 34.6. The average Bonchev–Trinajstić information content (AvgIpc) is 3.85. The fraction of sp³-hybridized carbons (Fsp3) is 0.347. The molecule has 2 atom stereocenters. The number of pyridine rings is 1. The highest BCUT2D eigenvalue weighted by molar-refractivity contribution is 7.90. The van der Waals surface area contributed by atoms with Gasteiger partial charge in [0.1, 0.15) is 10.4 Å². The van der Waals surface area contributed by atoms with Gasteiger partial charge in [-0.15, -0.1) is 4.31 Å². The Morgan fingerprint density at radius 1 is 0.917 bits per heavy atom. The molecular weight excluding hydrogens is 785 g/mol. The van der Waals surface area contributed by atoms with Crippen LogP contribution in [0.25, 0.3) is 11.3 Å². The minimum absolute atomic E-state index is 0.180. The number of nitrogens with one attached hydrogen (secondary N) is 1. The van der Waals surface area contributed by atoms with Gasteiger partial charge in [-0.3, -0.25) is 9.69 Å². The first-order chi connectivity index (χ1) is 28.7. The smallest absolute Gasteiger partial charge is 0.270 e. The van der Waals surface area contributed by atoms with Gasteiger partial charge in [0.25, 0.3) is 14.2 Å². The van der Waals surface area contributed by atoms with Crippen molar-refractivity contribution in [1.29, 1.82) is 0 Å². The molecule has 0 fully saturated rings. The summed E-state index contributed by atoms with van der Waals surface area (Å²) in [5, 5.41) is 5.28. The summed E-state index contributed by atoms with van der Waals surface area (Å²) >= 11 is -1.39. The van der Waals surface area contributed by atoms with Crippen molar-refractivity contribution in [3.63, 3.8) is 0 Å². The van der Waals surface area contributed by atoms with E-state index in [1.807, 2.05) is 88.3 Å². The molecule has 0 radical (unpaired) electrons. The van der Waals surface area contributed by atoms with E-state index in [0.29, 0.717) is 49.0 Å². The molecule has 312 valence electrons. The molecule has 1 aromatic heterocycles. The Kier molecular flexibility index (Phi) is 12.9. The third kappa shape index (κ3) is 9.20. The number of hydrogen-bond acceptors (Lipinski definition) is 8. The van der Waals surface area contributed by atoms with Crippen LogP contribution in [0.5, 0.6) is 11.5 Å². The molecule has 0 saturated heterocycles. The second-order valence-corrected chi connectivity index (χ2v) is 24.2. The van der Waals surface area contributed by atoms with Gasteiger partial charge in [-0.1, -0.05) is 111 Å². The number of aromatic nitrogens is 1. The zero-order valence-corrected chi connectivity index (χ0v) is 37.8. The van der Waals surface area contributed by atoms with E-state index in [1.165, 1.54) is 10.4 Å². The van der Waals surface area contributed by atoms with Gasteiger partial charge in [0, 0.05) is 41.2 Å². The number of carbonyl (C=O) groups excluding carboxylic acids is 1. The quantitative estimate of drug-likeness (QED) is 0.0780. The van der Waals surface area contributed by atoms with E-state index in [9.17, 15) is 9.35 Å². The van der Waals surface area contributed by atoms with Gasteiger partial charge in [-0.05, 0) is 98.2 Å². The zero-order valence-electron chi connectivity index (χ0n) is 36.0. The van der Waals surface area contributed by atoms with Crippen molar-refractivity contribution in [2.24, 2.45) is 0 Å². The highest BCUT2D eigenvalue weighted by atomic mass is 32.2. The van der Waals surface area contributed by atoms with Gasteiger partial charge in [0.15, 0.2) is 11.5 Å². The Morgan fingerprint density at radius 3 is 2.25 bits per heavy atom. The summed E-state index contributed by atoms with van der Waals surface area (Å²) in [6.45, 7) is 14.7. The van der Waals surface area contributed by atoms with Gasteiger partial charge >= 0.3 is 0 Å². The van der Waals surface area contributed by atoms with Crippen LogP contribution in [0.3, 0.4) is 0 Å². The van der Waals surface area contributed by atoms with Crippen LogP contribution in [0, 0.1) is 11.8 Å². The van der Waals surface area contributed by atoms with Crippen molar-refractivity contribution < 1.29 is 23.2 Å². The van der Waals surface area contributed by atoms with Crippen molar-refractivity contribution in [3.8, 4) is 34.6 Å². The second kappa shape index (κ2) is 18.0. The summed E-state index contributed by atoms with van der Waals surface area (Å²) in [6.07, 6.45) is 0.561. The van der Waals surface area contributed by atoms with Crippen LogP contribution in [0.4, 0.5) is 0 Å². The largest absolute Gasteiger partial charge is 0.597 e. The lowest BCUT2D eigenvalue weighted by molar-refractivity contribution is 0.0945. The molecule has 5 aromatic rings. The van der Waals surface area contributed by atoms with Crippen molar-refractivity contribution in [1.82, 2.24) is 19.5 Å². The van der Waals surface area contributed by atoms with Crippen LogP contribution in [-0.2, 0) is 28.9 Å². The predicted octanol–water partition coefficient (Wildman–Crippen LogP) is 7.61. The van der Waals surface area contributed by atoms with Crippen LogP contribution in [-0.4, -0.2) is 71.8 Å². The number of amides is 1. The first-order valence-electron chi connectivity index (χ1n) is 20.5. The molecule has 3 heterocycles. The minimum atomic E-state index is -2.87. The summed E-state index contributed by atoms with van der Waals surface area (Å²) in [5.74, 6) is 7.60. The number of benzene rings is 4. The van der Waals surface area contributed by atoms with E-state index in [2.05, 4.69) is 103 Å². The Hall–Kier alpha value is -4.93. The first-order valence-corrected chi connectivity index (χ1v) is 23.6. The minimum Gasteiger partial charge on any atom is -0.597 e. The Morgan fingerprint density at radius 2 is 1.60 bits per heavy atom. The molecular formula is C49H56N4O5SSi. The molecule has 4 aromatic carbocycles. The van der Waals surface area contributed by atoms with Gasteiger partial charge in [-0.25, -0.2) is 4.98 Å². The van der Waals surface area contributed by atoms with E-state index < -0.39 is 24.4 Å². The lowest BCUT2D eigenvalue weighted by Gasteiger charge is -2.43. The lowest BCUT2D eigenvalue weighted by atomic mass is 9.95. The first kappa shape index (κ1) is 43.2. The predicted molar refractivity (Wildman–Crippen MR) is 243 cm³/mol. The monoisotopic (exact) mass is 840 g/mol. The Labute approximate surface area is 359 Å². The van der Waals surface area contributed by atoms with Crippen LogP contribution in [0.15, 0.2) is 109 Å². The molecule has 1 N–H and O–H groups in total. The molecule has 9 nitrogen and oxygen atoms in total. The Bertz CT molecular complexity index is 2330. The highest BCUT2D eigenvalue weighted by Crippen LogP contribution is 2.46. The molecule has 0 bridgehead atoms. The summed E-state index contributed by atoms with van der Waals surface area (Å²) in [7, 11) is 1.12. The van der Waals surface area contributed by atoms with E-state index in [-0.39, 0.29) is 30.3 Å². The maximum atomic E-state index is 14.6. The lowest BCUT2D eigenvalue weighted by Crippen LogP contribution is -2.66. The zero-order chi connectivity index (χ0) is 42.7. The molecule has 0 saturated carbocycles. The number of rotatable bonds is 12. The summed E-state index contributed by atoms with van der Waals surface area (Å²) in [6, 6.07) is 36.5. The summed E-state index contributed by atoms with van der Waals surface area (Å²) in [4.78, 5) is 21.3. The topological polar surface area (TPSA) is 99.2 Å². The number of hydrogen-bond donors (Lipinski definition) is 1. The van der Waals surface area contributed by atoms with Gasteiger partial charge in [-0.2, -0.15) is 0 Å². The molecule has 0 aliphatic carbocycles. The second-order valence-electron chi connectivity index (χ2n) is 17.7. The maximum Gasteiger partial charge on any atom is 0.270 e. The van der Waals surface area contributed by atoms with Gasteiger partial charge < -0.3 is 23.8 Å². The fourth-order valence-corrected chi connectivity index (χ4v) is 14.1. The van der Waals surface area contributed by atoms with E-state index in [1.54, 1.807) is 0 Å². The van der Waals surface area contributed by atoms with Crippen LogP contribution in [0.1, 0.15) is 86.7 Å². The molecule has 11 heteroatoms. The average molecular weight is 841 g/mol. The maximum absolute atomic E-state index is 14.6. The van der Waals surface area contributed by atoms with E-state index in [4.69, 9.17) is 18.9 Å². The highest BCUT2D eigenvalue weighted by Gasteiger charge is 2.51. The Balaban J connectivity index is 1.30.